The van der Waals surface area contributed by atoms with Crippen molar-refractivity contribution in [2.45, 2.75) is 46.1 Å². The molecule has 3 aromatic heterocycles. The van der Waals surface area contributed by atoms with Gasteiger partial charge in [-0.1, -0.05) is 6.92 Å². The molecule has 0 saturated heterocycles. The number of aromatic nitrogens is 4. The van der Waals surface area contributed by atoms with Gasteiger partial charge in [0.15, 0.2) is 5.65 Å². The molecule has 8 heteroatoms. The Hall–Kier alpha value is -2.06. The Morgan fingerprint density at radius 2 is 2.28 bits per heavy atom. The van der Waals surface area contributed by atoms with Gasteiger partial charge in [0, 0.05) is 11.4 Å². The molecule has 2 N–H and O–H groups in total. The number of hydrogen-bond acceptors (Lipinski definition) is 6. The van der Waals surface area contributed by atoms with Gasteiger partial charge in [-0.2, -0.15) is 4.52 Å². The van der Waals surface area contributed by atoms with E-state index in [2.05, 4.69) is 27.3 Å². The van der Waals surface area contributed by atoms with Gasteiger partial charge in [-0.05, 0) is 44.6 Å². The van der Waals surface area contributed by atoms with Crippen molar-refractivity contribution in [3.63, 3.8) is 0 Å². The van der Waals surface area contributed by atoms with Crippen LogP contribution in [0.25, 0.3) is 15.9 Å². The summed E-state index contributed by atoms with van der Waals surface area (Å²) >= 11 is 1.74. The summed E-state index contributed by atoms with van der Waals surface area (Å²) < 4.78 is 1.66. The van der Waals surface area contributed by atoms with Crippen LogP contribution in [0.2, 0.25) is 0 Å². The van der Waals surface area contributed by atoms with E-state index in [1.807, 2.05) is 6.92 Å². The standard InChI is InChI=1S/C17H21N5O2S/c1-8-4-5-12-11(6-8)13-15-20-14(16(24)18-7-9(2)23)21-22(15)10(3)19-17(13)25-12/h8-9,23H,4-7H2,1-3H3,(H,18,24)/t8-,9-/m1/s1. The molecule has 3 heterocycles. The molecule has 4 rings (SSSR count). The molecule has 0 bridgehead atoms. The summed E-state index contributed by atoms with van der Waals surface area (Å²) in [4.78, 5) is 23.8. The van der Waals surface area contributed by atoms with Crippen molar-refractivity contribution < 1.29 is 9.90 Å². The number of aryl methyl sites for hydroxylation is 2. The second-order valence-electron chi connectivity index (χ2n) is 6.92. The Bertz CT molecular complexity index is 975. The molecule has 132 valence electrons. The summed E-state index contributed by atoms with van der Waals surface area (Å²) in [7, 11) is 0. The van der Waals surface area contributed by atoms with Gasteiger partial charge < -0.3 is 10.4 Å². The number of nitrogens with zero attached hydrogens (tertiary/aromatic N) is 4. The number of rotatable bonds is 3. The highest BCUT2D eigenvalue weighted by Crippen LogP contribution is 2.38. The lowest BCUT2D eigenvalue weighted by molar-refractivity contribution is 0.0914. The van der Waals surface area contributed by atoms with Gasteiger partial charge in [0.05, 0.1) is 11.5 Å². The predicted octanol–water partition coefficient (Wildman–Crippen LogP) is 1.88. The minimum Gasteiger partial charge on any atom is -0.392 e. The first-order valence-electron chi connectivity index (χ1n) is 8.58. The van der Waals surface area contributed by atoms with Crippen LogP contribution in [0.5, 0.6) is 0 Å². The number of hydrogen-bond donors (Lipinski definition) is 2. The van der Waals surface area contributed by atoms with E-state index in [4.69, 9.17) is 0 Å². The minimum absolute atomic E-state index is 0.113. The van der Waals surface area contributed by atoms with Gasteiger partial charge in [0.25, 0.3) is 5.91 Å². The molecule has 0 spiro atoms. The quantitative estimate of drug-likeness (QED) is 0.745. The largest absolute Gasteiger partial charge is 0.392 e. The molecule has 0 saturated carbocycles. The summed E-state index contributed by atoms with van der Waals surface area (Å²) in [6.45, 7) is 5.93. The van der Waals surface area contributed by atoms with Crippen LogP contribution in [0.15, 0.2) is 0 Å². The van der Waals surface area contributed by atoms with E-state index in [1.54, 1.807) is 22.8 Å². The third kappa shape index (κ3) is 2.79. The average Bonchev–Trinajstić information content (AvgIpc) is 3.13. The molecule has 0 fully saturated rings. The molecule has 7 nitrogen and oxygen atoms in total. The molecular weight excluding hydrogens is 338 g/mol. The Balaban J connectivity index is 1.85. The van der Waals surface area contributed by atoms with E-state index in [1.165, 1.54) is 16.9 Å². The zero-order chi connectivity index (χ0) is 17.7. The van der Waals surface area contributed by atoms with Crippen molar-refractivity contribution in [2.75, 3.05) is 6.54 Å². The van der Waals surface area contributed by atoms with Crippen LogP contribution in [0.3, 0.4) is 0 Å². The van der Waals surface area contributed by atoms with Gasteiger partial charge >= 0.3 is 0 Å². The van der Waals surface area contributed by atoms with E-state index in [0.717, 1.165) is 28.9 Å². The fraction of sp³-hybridized carbons (Fsp3) is 0.529. The van der Waals surface area contributed by atoms with Crippen molar-refractivity contribution in [2.24, 2.45) is 5.92 Å². The highest BCUT2D eigenvalue weighted by molar-refractivity contribution is 7.19. The lowest BCUT2D eigenvalue weighted by atomic mass is 9.89. The lowest BCUT2D eigenvalue weighted by Gasteiger charge is -2.17. The van der Waals surface area contributed by atoms with Crippen molar-refractivity contribution >= 4 is 33.1 Å². The van der Waals surface area contributed by atoms with E-state index < -0.39 is 6.10 Å². The zero-order valence-electron chi connectivity index (χ0n) is 14.5. The first-order chi connectivity index (χ1) is 11.9. The normalized spacial score (nSPS) is 18.5. The Morgan fingerprint density at radius 3 is 3.04 bits per heavy atom. The van der Waals surface area contributed by atoms with Gasteiger partial charge in [-0.3, -0.25) is 4.79 Å². The van der Waals surface area contributed by atoms with Crippen LogP contribution in [0.1, 0.15) is 47.2 Å². The van der Waals surface area contributed by atoms with E-state index in [9.17, 15) is 9.90 Å². The van der Waals surface area contributed by atoms with Crippen molar-refractivity contribution in [1.82, 2.24) is 24.9 Å². The third-order valence-electron chi connectivity index (χ3n) is 4.65. The summed E-state index contributed by atoms with van der Waals surface area (Å²) in [6, 6.07) is 0. The Morgan fingerprint density at radius 1 is 1.48 bits per heavy atom. The molecule has 0 aromatic carbocycles. The lowest BCUT2D eigenvalue weighted by Crippen LogP contribution is -2.31. The molecule has 1 amide bonds. The molecule has 25 heavy (non-hydrogen) atoms. The van der Waals surface area contributed by atoms with Crippen LogP contribution in [-0.2, 0) is 12.8 Å². The number of fused-ring (bicyclic) bond motifs is 5. The van der Waals surface area contributed by atoms with Gasteiger partial charge in [-0.15, -0.1) is 16.4 Å². The van der Waals surface area contributed by atoms with E-state index >= 15 is 0 Å². The molecule has 0 unspecified atom stereocenters. The molecule has 0 aliphatic heterocycles. The van der Waals surface area contributed by atoms with Crippen LogP contribution in [-0.4, -0.2) is 43.2 Å². The molecule has 3 aromatic rings. The van der Waals surface area contributed by atoms with Gasteiger partial charge in [0.1, 0.15) is 10.7 Å². The molecule has 1 aliphatic rings. The summed E-state index contributed by atoms with van der Waals surface area (Å²) in [5, 5.41) is 17.4. The first-order valence-corrected chi connectivity index (χ1v) is 9.39. The monoisotopic (exact) mass is 359 g/mol. The van der Waals surface area contributed by atoms with E-state index in [0.29, 0.717) is 11.6 Å². The maximum Gasteiger partial charge on any atom is 0.291 e. The van der Waals surface area contributed by atoms with Crippen LogP contribution in [0.4, 0.5) is 0 Å². The SMILES string of the molecule is Cc1nc2sc3c(c2c2nc(C(=O)NC[C@@H](C)O)nn12)C[C@H](C)CC3. The Labute approximate surface area is 149 Å². The highest BCUT2D eigenvalue weighted by Gasteiger charge is 2.25. The maximum absolute atomic E-state index is 12.3. The van der Waals surface area contributed by atoms with E-state index in [-0.39, 0.29) is 18.3 Å². The zero-order valence-corrected chi connectivity index (χ0v) is 15.4. The molecule has 2 atom stereocenters. The number of amides is 1. The topological polar surface area (TPSA) is 92.4 Å². The number of aliphatic hydroxyl groups excluding tert-OH is 1. The fourth-order valence-electron chi connectivity index (χ4n) is 3.36. The average molecular weight is 359 g/mol. The second kappa shape index (κ2) is 6.03. The number of nitrogens with one attached hydrogen (secondary N) is 1. The van der Waals surface area contributed by atoms with Gasteiger partial charge in [-0.25, -0.2) is 9.97 Å². The highest BCUT2D eigenvalue weighted by atomic mass is 32.1. The number of carbonyl (C=O) groups is 1. The first kappa shape index (κ1) is 16.4. The summed E-state index contributed by atoms with van der Waals surface area (Å²) in [5.41, 5.74) is 2.02. The fourth-order valence-corrected chi connectivity index (χ4v) is 4.62. The second-order valence-corrected chi connectivity index (χ2v) is 8.00. The molecular formula is C17H21N5O2S. The smallest absolute Gasteiger partial charge is 0.291 e. The predicted molar refractivity (Wildman–Crippen MR) is 96.1 cm³/mol. The summed E-state index contributed by atoms with van der Waals surface area (Å²) in [6.07, 6.45) is 2.70. The van der Waals surface area contributed by atoms with Crippen molar-refractivity contribution in [1.29, 1.82) is 0 Å². The molecule has 0 radical (unpaired) electrons. The number of thiophene rings is 1. The summed E-state index contributed by atoms with van der Waals surface area (Å²) in [5.74, 6) is 1.09. The maximum atomic E-state index is 12.3. The minimum atomic E-state index is -0.610. The Kier molecular flexibility index (Phi) is 3.96. The van der Waals surface area contributed by atoms with Crippen molar-refractivity contribution in [3.05, 3.63) is 22.1 Å². The van der Waals surface area contributed by atoms with Gasteiger partial charge in [0.2, 0.25) is 5.82 Å². The van der Waals surface area contributed by atoms with Crippen LogP contribution < -0.4 is 5.32 Å². The van der Waals surface area contributed by atoms with Crippen molar-refractivity contribution in [3.8, 4) is 0 Å². The van der Waals surface area contributed by atoms with Crippen LogP contribution in [0, 0.1) is 12.8 Å². The van der Waals surface area contributed by atoms with Crippen LogP contribution >= 0.6 is 11.3 Å². The number of aliphatic hydroxyl groups is 1. The third-order valence-corrected chi connectivity index (χ3v) is 5.84. The molecule has 1 aliphatic carbocycles. The number of carbonyl (C=O) groups excluding carboxylic acids is 1.